The van der Waals surface area contributed by atoms with Crippen molar-refractivity contribution < 1.29 is 0 Å². The van der Waals surface area contributed by atoms with E-state index in [0.717, 1.165) is 27.2 Å². The van der Waals surface area contributed by atoms with Crippen LogP contribution in [0.4, 0.5) is 0 Å². The van der Waals surface area contributed by atoms with Gasteiger partial charge in [-0.25, -0.2) is 9.67 Å². The Morgan fingerprint density at radius 3 is 2.75 bits per heavy atom. The van der Waals surface area contributed by atoms with Gasteiger partial charge in [-0.05, 0) is 47.5 Å². The summed E-state index contributed by atoms with van der Waals surface area (Å²) in [5.74, 6) is 1.28. The lowest BCUT2D eigenvalue weighted by atomic mass is 10.3. The van der Waals surface area contributed by atoms with Gasteiger partial charge in [0.2, 0.25) is 0 Å². The fourth-order valence-electron chi connectivity index (χ4n) is 1.51. The van der Waals surface area contributed by atoms with Crippen LogP contribution in [0.5, 0.6) is 0 Å². The number of aryl methyl sites for hydroxylation is 1. The molecular weight excluding hydrogens is 289 g/mol. The van der Waals surface area contributed by atoms with Crippen LogP contribution < -0.4 is 0 Å². The second-order valence-electron chi connectivity index (χ2n) is 3.55. The Bertz CT molecular complexity index is 522. The van der Waals surface area contributed by atoms with Crippen LogP contribution in [0.25, 0.3) is 5.82 Å². The second kappa shape index (κ2) is 4.55. The molecule has 0 spiro atoms. The smallest absolute Gasteiger partial charge is 0.153 e. The summed E-state index contributed by atoms with van der Waals surface area (Å²) < 4.78 is 2.83. The van der Waals surface area contributed by atoms with Gasteiger partial charge in [-0.15, -0.1) is 11.6 Å². The maximum atomic E-state index is 5.80. The van der Waals surface area contributed by atoms with Crippen LogP contribution in [0.2, 0.25) is 0 Å². The molecule has 0 aliphatic rings. The van der Waals surface area contributed by atoms with Gasteiger partial charge in [0.15, 0.2) is 5.82 Å². The van der Waals surface area contributed by atoms with Crippen LogP contribution in [0, 0.1) is 13.8 Å². The fraction of sp³-hybridized carbons (Fsp3) is 0.273. The summed E-state index contributed by atoms with van der Waals surface area (Å²) in [5.41, 5.74) is 3.03. The summed E-state index contributed by atoms with van der Waals surface area (Å²) >= 11 is 9.29. The number of hydrogen-bond donors (Lipinski definition) is 0. The van der Waals surface area contributed by atoms with Gasteiger partial charge in [0.1, 0.15) is 0 Å². The highest BCUT2D eigenvalue weighted by Crippen LogP contribution is 2.22. The van der Waals surface area contributed by atoms with E-state index in [2.05, 4.69) is 26.0 Å². The van der Waals surface area contributed by atoms with Crippen molar-refractivity contribution in [1.82, 2.24) is 14.8 Å². The second-order valence-corrected chi connectivity index (χ2v) is 4.61. The topological polar surface area (TPSA) is 30.7 Å². The summed E-state index contributed by atoms with van der Waals surface area (Å²) in [6.07, 6.45) is 1.75. The van der Waals surface area contributed by atoms with E-state index in [9.17, 15) is 0 Å². The van der Waals surface area contributed by atoms with Crippen LogP contribution in [0.3, 0.4) is 0 Å². The Kier molecular flexibility index (Phi) is 3.30. The van der Waals surface area contributed by atoms with Gasteiger partial charge in [-0.1, -0.05) is 0 Å². The zero-order chi connectivity index (χ0) is 11.7. The summed E-state index contributed by atoms with van der Waals surface area (Å²) in [7, 11) is 0. The predicted octanol–water partition coefficient (Wildman–Crippen LogP) is 3.39. The molecule has 0 aliphatic carbocycles. The van der Waals surface area contributed by atoms with E-state index < -0.39 is 0 Å². The first-order valence-corrected chi connectivity index (χ1v) is 6.19. The summed E-state index contributed by atoms with van der Waals surface area (Å²) in [6, 6.07) is 3.84. The van der Waals surface area contributed by atoms with Crippen LogP contribution in [0.15, 0.2) is 22.8 Å². The van der Waals surface area contributed by atoms with Crippen LogP contribution in [-0.4, -0.2) is 14.8 Å². The number of hydrogen-bond acceptors (Lipinski definition) is 2. The lowest BCUT2D eigenvalue weighted by Crippen LogP contribution is -2.02. The molecule has 0 amide bonds. The Morgan fingerprint density at radius 1 is 1.44 bits per heavy atom. The van der Waals surface area contributed by atoms with Crippen molar-refractivity contribution in [3.63, 3.8) is 0 Å². The number of halogens is 2. The van der Waals surface area contributed by atoms with Gasteiger partial charge in [0, 0.05) is 12.1 Å². The van der Waals surface area contributed by atoms with Crippen molar-refractivity contribution >= 4 is 27.5 Å². The minimum atomic E-state index is 0.482. The molecule has 0 saturated carbocycles. The fourth-order valence-corrected chi connectivity index (χ4v) is 1.92. The van der Waals surface area contributed by atoms with E-state index in [1.807, 2.05) is 30.7 Å². The summed E-state index contributed by atoms with van der Waals surface area (Å²) in [5, 5.41) is 4.42. The molecule has 2 heterocycles. The largest absolute Gasteiger partial charge is 0.237 e. The van der Waals surface area contributed by atoms with E-state index in [1.165, 1.54) is 0 Å². The Balaban J connectivity index is 2.54. The van der Waals surface area contributed by atoms with E-state index >= 15 is 0 Å². The van der Waals surface area contributed by atoms with Crippen LogP contribution >= 0.6 is 27.5 Å². The third-order valence-corrected chi connectivity index (χ3v) is 3.84. The van der Waals surface area contributed by atoms with Crippen molar-refractivity contribution in [2.24, 2.45) is 0 Å². The zero-order valence-electron chi connectivity index (χ0n) is 9.04. The lowest BCUT2D eigenvalue weighted by Gasteiger charge is -2.04. The van der Waals surface area contributed by atoms with Crippen LogP contribution in [0.1, 0.15) is 17.0 Å². The molecule has 0 N–H and O–H groups in total. The number of rotatable bonds is 2. The average Bonchev–Trinajstić information content (AvgIpc) is 2.57. The van der Waals surface area contributed by atoms with Crippen molar-refractivity contribution in [2.75, 3.05) is 0 Å². The van der Waals surface area contributed by atoms with E-state index in [0.29, 0.717) is 5.88 Å². The number of pyridine rings is 1. The van der Waals surface area contributed by atoms with Gasteiger partial charge < -0.3 is 0 Å². The van der Waals surface area contributed by atoms with Crippen molar-refractivity contribution in [3.8, 4) is 5.82 Å². The van der Waals surface area contributed by atoms with Gasteiger partial charge in [0.05, 0.1) is 15.9 Å². The first kappa shape index (κ1) is 11.6. The highest BCUT2D eigenvalue weighted by molar-refractivity contribution is 9.10. The molecule has 0 bridgehead atoms. The van der Waals surface area contributed by atoms with E-state index in [1.54, 1.807) is 6.20 Å². The van der Waals surface area contributed by atoms with E-state index in [-0.39, 0.29) is 0 Å². The molecule has 2 rings (SSSR count). The zero-order valence-corrected chi connectivity index (χ0v) is 11.4. The maximum Gasteiger partial charge on any atom is 0.153 e. The molecule has 2 aromatic heterocycles. The molecule has 0 radical (unpaired) electrons. The van der Waals surface area contributed by atoms with Gasteiger partial charge in [-0.2, -0.15) is 5.10 Å². The minimum Gasteiger partial charge on any atom is -0.237 e. The normalized spacial score (nSPS) is 10.8. The Labute approximate surface area is 108 Å². The molecule has 0 unspecified atom stereocenters. The molecule has 0 saturated heterocycles. The van der Waals surface area contributed by atoms with E-state index in [4.69, 9.17) is 11.6 Å². The summed E-state index contributed by atoms with van der Waals surface area (Å²) in [6.45, 7) is 3.96. The molecule has 0 aromatic carbocycles. The van der Waals surface area contributed by atoms with Crippen LogP contribution in [-0.2, 0) is 5.88 Å². The quantitative estimate of drug-likeness (QED) is 0.796. The molecule has 0 fully saturated rings. The third kappa shape index (κ3) is 1.99. The highest BCUT2D eigenvalue weighted by atomic mass is 79.9. The predicted molar refractivity (Wildman–Crippen MR) is 68.1 cm³/mol. The number of alkyl halides is 1. The first-order valence-electron chi connectivity index (χ1n) is 4.86. The Hall–Kier alpha value is -0.870. The molecule has 16 heavy (non-hydrogen) atoms. The molecule has 0 aliphatic heterocycles. The molecule has 84 valence electrons. The average molecular weight is 301 g/mol. The number of aromatic nitrogens is 3. The molecule has 3 nitrogen and oxygen atoms in total. The maximum absolute atomic E-state index is 5.80. The Morgan fingerprint density at radius 2 is 2.19 bits per heavy atom. The van der Waals surface area contributed by atoms with Gasteiger partial charge in [0.25, 0.3) is 0 Å². The van der Waals surface area contributed by atoms with Crippen molar-refractivity contribution in [1.29, 1.82) is 0 Å². The summed E-state index contributed by atoms with van der Waals surface area (Å²) in [4.78, 5) is 4.29. The molecular formula is C11H11BrClN3. The minimum absolute atomic E-state index is 0.482. The van der Waals surface area contributed by atoms with Gasteiger partial charge >= 0.3 is 0 Å². The van der Waals surface area contributed by atoms with Gasteiger partial charge in [-0.3, -0.25) is 0 Å². The standard InChI is InChI=1S/C11H11BrClN3/c1-7-11(12)8(2)16(15-7)10-5-9(6-13)3-4-14-10/h3-5H,6H2,1-2H3. The highest BCUT2D eigenvalue weighted by Gasteiger charge is 2.11. The number of nitrogens with zero attached hydrogens (tertiary/aromatic N) is 3. The van der Waals surface area contributed by atoms with Crippen molar-refractivity contribution in [2.45, 2.75) is 19.7 Å². The SMILES string of the molecule is Cc1nn(-c2cc(CCl)ccn2)c(C)c1Br. The molecule has 0 atom stereocenters. The first-order chi connectivity index (χ1) is 7.63. The van der Waals surface area contributed by atoms with Crippen molar-refractivity contribution in [3.05, 3.63) is 39.8 Å². The molecule has 5 heteroatoms. The molecule has 2 aromatic rings. The lowest BCUT2D eigenvalue weighted by molar-refractivity contribution is 0.804. The monoisotopic (exact) mass is 299 g/mol. The third-order valence-electron chi connectivity index (χ3n) is 2.38.